The molecular formula is C15H23NO3. The van der Waals surface area contributed by atoms with Crippen molar-refractivity contribution in [2.45, 2.75) is 45.9 Å². The molecule has 0 aromatic heterocycles. The molecule has 0 heterocycles. The summed E-state index contributed by atoms with van der Waals surface area (Å²) in [6.07, 6.45) is -0.552. The van der Waals surface area contributed by atoms with E-state index in [1.807, 2.05) is 51.1 Å². The minimum Gasteiger partial charge on any atom is -0.487 e. The Morgan fingerprint density at radius 1 is 1.11 bits per heavy atom. The van der Waals surface area contributed by atoms with Gasteiger partial charge in [-0.1, -0.05) is 32.0 Å². The van der Waals surface area contributed by atoms with Crippen LogP contribution in [0.5, 0.6) is 5.75 Å². The molecule has 0 radical (unpaired) electrons. The Hall–Kier alpha value is -1.55. The normalized spacial score (nSPS) is 15.7. The van der Waals surface area contributed by atoms with Crippen molar-refractivity contribution >= 4 is 5.97 Å². The number of benzene rings is 1. The lowest BCUT2D eigenvalue weighted by atomic mass is 10.0. The molecule has 0 aliphatic rings. The number of hydrogen-bond acceptors (Lipinski definition) is 4. The Balaban J connectivity index is 2.68. The Morgan fingerprint density at radius 2 is 1.68 bits per heavy atom. The van der Waals surface area contributed by atoms with Gasteiger partial charge in [0.2, 0.25) is 0 Å². The molecule has 0 spiro atoms. The fraction of sp³-hybridized carbons (Fsp3) is 0.533. The van der Waals surface area contributed by atoms with Gasteiger partial charge in [0.1, 0.15) is 24.0 Å². The highest BCUT2D eigenvalue weighted by atomic mass is 16.6. The SMILES string of the molecule is CC(C)C(OC(=O)[C@H](C)N)[C@@H](C)Oc1ccccc1. The minimum absolute atomic E-state index is 0.154. The molecule has 3 atom stereocenters. The average molecular weight is 265 g/mol. The van der Waals surface area contributed by atoms with E-state index in [0.29, 0.717) is 0 Å². The third kappa shape index (κ3) is 4.91. The van der Waals surface area contributed by atoms with E-state index in [9.17, 15) is 4.79 Å². The van der Waals surface area contributed by atoms with E-state index < -0.39 is 12.0 Å². The zero-order valence-electron chi connectivity index (χ0n) is 12.0. The highest BCUT2D eigenvalue weighted by molar-refractivity contribution is 5.75. The van der Waals surface area contributed by atoms with Gasteiger partial charge in [-0.15, -0.1) is 0 Å². The standard InChI is InChI=1S/C15H23NO3/c1-10(2)14(19-15(17)11(3)16)12(4)18-13-8-6-5-7-9-13/h5-12,14H,16H2,1-4H3/t11-,12+,14?/m0/s1. The number of carbonyl (C=O) groups is 1. The third-order valence-electron chi connectivity index (χ3n) is 2.81. The first kappa shape index (κ1) is 15.5. The number of para-hydroxylation sites is 1. The van der Waals surface area contributed by atoms with Crippen molar-refractivity contribution in [2.24, 2.45) is 11.7 Å². The number of esters is 1. The summed E-state index contributed by atoms with van der Waals surface area (Å²) in [4.78, 5) is 11.6. The Kier molecular flexibility index (Phi) is 5.83. The van der Waals surface area contributed by atoms with Crippen LogP contribution in [0.1, 0.15) is 27.7 Å². The molecule has 1 unspecified atom stereocenters. The second-order valence-corrected chi connectivity index (χ2v) is 5.07. The van der Waals surface area contributed by atoms with E-state index in [0.717, 1.165) is 5.75 Å². The summed E-state index contributed by atoms with van der Waals surface area (Å²) in [5, 5.41) is 0. The van der Waals surface area contributed by atoms with Crippen LogP contribution in [-0.2, 0) is 9.53 Å². The summed E-state index contributed by atoms with van der Waals surface area (Å²) in [5.41, 5.74) is 5.52. The lowest BCUT2D eigenvalue weighted by Gasteiger charge is -2.28. The van der Waals surface area contributed by atoms with Gasteiger partial charge in [0.25, 0.3) is 0 Å². The molecule has 0 saturated heterocycles. The average Bonchev–Trinajstić information content (AvgIpc) is 2.36. The molecular weight excluding hydrogens is 242 g/mol. The zero-order valence-corrected chi connectivity index (χ0v) is 12.0. The summed E-state index contributed by atoms with van der Waals surface area (Å²) >= 11 is 0. The van der Waals surface area contributed by atoms with Crippen LogP contribution in [-0.4, -0.2) is 24.2 Å². The Morgan fingerprint density at radius 3 is 2.16 bits per heavy atom. The van der Waals surface area contributed by atoms with Gasteiger partial charge in [0.15, 0.2) is 0 Å². The van der Waals surface area contributed by atoms with Crippen molar-refractivity contribution in [3.05, 3.63) is 30.3 Å². The molecule has 0 saturated carbocycles. The molecule has 0 amide bonds. The molecule has 4 heteroatoms. The van der Waals surface area contributed by atoms with Crippen LogP contribution in [0.15, 0.2) is 30.3 Å². The van der Waals surface area contributed by atoms with E-state index in [4.69, 9.17) is 15.2 Å². The Bertz CT molecular complexity index is 390. The van der Waals surface area contributed by atoms with Crippen LogP contribution in [0.3, 0.4) is 0 Å². The van der Waals surface area contributed by atoms with E-state index in [1.165, 1.54) is 0 Å². The van der Waals surface area contributed by atoms with Gasteiger partial charge in [0.05, 0.1) is 0 Å². The topological polar surface area (TPSA) is 61.5 Å². The summed E-state index contributed by atoms with van der Waals surface area (Å²) in [6.45, 7) is 7.49. The van der Waals surface area contributed by atoms with Gasteiger partial charge in [0, 0.05) is 0 Å². The van der Waals surface area contributed by atoms with E-state index >= 15 is 0 Å². The maximum absolute atomic E-state index is 11.6. The lowest BCUT2D eigenvalue weighted by molar-refractivity contribution is -0.157. The lowest BCUT2D eigenvalue weighted by Crippen LogP contribution is -2.41. The van der Waals surface area contributed by atoms with Gasteiger partial charge in [-0.05, 0) is 31.9 Å². The van der Waals surface area contributed by atoms with Crippen molar-refractivity contribution in [3.8, 4) is 5.75 Å². The summed E-state index contributed by atoms with van der Waals surface area (Å²) < 4.78 is 11.2. The maximum Gasteiger partial charge on any atom is 0.323 e. The first-order valence-corrected chi connectivity index (χ1v) is 6.59. The zero-order chi connectivity index (χ0) is 14.4. The Labute approximate surface area is 114 Å². The smallest absolute Gasteiger partial charge is 0.323 e. The predicted molar refractivity (Wildman–Crippen MR) is 74.9 cm³/mol. The summed E-state index contributed by atoms with van der Waals surface area (Å²) in [5.74, 6) is 0.515. The van der Waals surface area contributed by atoms with Crippen molar-refractivity contribution in [1.29, 1.82) is 0 Å². The number of ether oxygens (including phenoxy) is 2. The molecule has 1 aromatic rings. The molecule has 19 heavy (non-hydrogen) atoms. The van der Waals surface area contributed by atoms with Crippen LogP contribution >= 0.6 is 0 Å². The summed E-state index contributed by atoms with van der Waals surface area (Å²) in [7, 11) is 0. The highest BCUT2D eigenvalue weighted by Crippen LogP contribution is 2.18. The van der Waals surface area contributed by atoms with Crippen LogP contribution in [0.25, 0.3) is 0 Å². The van der Waals surface area contributed by atoms with Crippen LogP contribution < -0.4 is 10.5 Å². The highest BCUT2D eigenvalue weighted by Gasteiger charge is 2.27. The van der Waals surface area contributed by atoms with E-state index in [-0.39, 0.29) is 18.1 Å². The molecule has 2 N–H and O–H groups in total. The molecule has 0 bridgehead atoms. The number of nitrogens with two attached hydrogens (primary N) is 1. The fourth-order valence-corrected chi connectivity index (χ4v) is 1.80. The minimum atomic E-state index is -0.620. The fourth-order valence-electron chi connectivity index (χ4n) is 1.80. The van der Waals surface area contributed by atoms with E-state index in [2.05, 4.69) is 0 Å². The van der Waals surface area contributed by atoms with Gasteiger partial charge < -0.3 is 15.2 Å². The monoisotopic (exact) mass is 265 g/mol. The second kappa shape index (κ2) is 7.14. The summed E-state index contributed by atoms with van der Waals surface area (Å²) in [6, 6.07) is 8.86. The molecule has 106 valence electrons. The van der Waals surface area contributed by atoms with Crippen LogP contribution in [0.2, 0.25) is 0 Å². The molecule has 1 aromatic carbocycles. The third-order valence-corrected chi connectivity index (χ3v) is 2.81. The first-order valence-electron chi connectivity index (χ1n) is 6.59. The van der Waals surface area contributed by atoms with Crippen molar-refractivity contribution < 1.29 is 14.3 Å². The first-order chi connectivity index (χ1) is 8.91. The van der Waals surface area contributed by atoms with Crippen molar-refractivity contribution in [2.75, 3.05) is 0 Å². The molecule has 0 fully saturated rings. The van der Waals surface area contributed by atoms with Gasteiger partial charge >= 0.3 is 5.97 Å². The van der Waals surface area contributed by atoms with Gasteiger partial charge in [-0.3, -0.25) is 4.79 Å². The van der Waals surface area contributed by atoms with Gasteiger partial charge in [-0.2, -0.15) is 0 Å². The van der Waals surface area contributed by atoms with Crippen molar-refractivity contribution in [1.82, 2.24) is 0 Å². The predicted octanol–water partition coefficient (Wildman–Crippen LogP) is 2.37. The van der Waals surface area contributed by atoms with Crippen LogP contribution in [0.4, 0.5) is 0 Å². The molecule has 4 nitrogen and oxygen atoms in total. The second-order valence-electron chi connectivity index (χ2n) is 5.07. The van der Waals surface area contributed by atoms with Crippen LogP contribution in [0, 0.1) is 5.92 Å². The number of carbonyl (C=O) groups excluding carboxylic acids is 1. The molecule has 1 rings (SSSR count). The van der Waals surface area contributed by atoms with Crippen molar-refractivity contribution in [3.63, 3.8) is 0 Å². The maximum atomic E-state index is 11.6. The largest absolute Gasteiger partial charge is 0.487 e. The van der Waals surface area contributed by atoms with E-state index in [1.54, 1.807) is 6.92 Å². The molecule has 0 aliphatic heterocycles. The number of hydrogen-bond donors (Lipinski definition) is 1. The molecule has 0 aliphatic carbocycles. The quantitative estimate of drug-likeness (QED) is 0.802. The van der Waals surface area contributed by atoms with Gasteiger partial charge in [-0.25, -0.2) is 0 Å². The number of rotatable bonds is 6.